The average Bonchev–Trinajstić information content (AvgIpc) is 2.79. The minimum atomic E-state index is -0.248. The van der Waals surface area contributed by atoms with Crippen LogP contribution in [-0.4, -0.2) is 22.7 Å². The minimum Gasteiger partial charge on any atom is -0.431 e. The maximum absolute atomic E-state index is 12.0. The highest BCUT2D eigenvalue weighted by molar-refractivity contribution is 8.00. The zero-order valence-electron chi connectivity index (χ0n) is 12.6. The van der Waals surface area contributed by atoms with E-state index in [0.717, 1.165) is 6.42 Å². The van der Waals surface area contributed by atoms with Gasteiger partial charge in [0.1, 0.15) is 5.52 Å². The third kappa shape index (κ3) is 4.39. The summed E-state index contributed by atoms with van der Waals surface area (Å²) in [5, 5.41) is 3.17. The Labute approximate surface area is 128 Å². The number of amides is 1. The van der Waals surface area contributed by atoms with Crippen LogP contribution in [0.25, 0.3) is 11.1 Å². The predicted octanol–water partition coefficient (Wildman–Crippen LogP) is 3.05. The number of hydrogen-bond donors (Lipinski definition) is 2. The van der Waals surface area contributed by atoms with Gasteiger partial charge in [0.25, 0.3) is 5.22 Å². The normalized spacial score (nSPS) is 12.8. The number of oxazole rings is 1. The molecule has 0 aliphatic rings. The number of rotatable bonds is 6. The quantitative estimate of drug-likeness (QED) is 0.633. The van der Waals surface area contributed by atoms with Crippen molar-refractivity contribution in [2.75, 3.05) is 12.3 Å². The molecule has 0 aliphatic heterocycles. The number of aromatic nitrogens is 1. The molecule has 1 amide bonds. The predicted molar refractivity (Wildman–Crippen MR) is 86.2 cm³/mol. The Hall–Kier alpha value is -1.69. The topological polar surface area (TPSA) is 81.2 Å². The molecule has 0 saturated carbocycles. The molecule has 1 unspecified atom stereocenters. The van der Waals surface area contributed by atoms with E-state index in [1.807, 2.05) is 6.92 Å². The van der Waals surface area contributed by atoms with E-state index in [-0.39, 0.29) is 11.2 Å². The molecule has 6 heteroatoms. The minimum absolute atomic E-state index is 0.00224. The summed E-state index contributed by atoms with van der Waals surface area (Å²) in [4.78, 5) is 16.3. The number of thioether (sulfide) groups is 1. The number of anilines is 1. The summed E-state index contributed by atoms with van der Waals surface area (Å²) in [7, 11) is 0. The summed E-state index contributed by atoms with van der Waals surface area (Å²) in [5.74, 6) is 0.582. The van der Waals surface area contributed by atoms with Crippen LogP contribution in [0.5, 0.6) is 0 Å². The molecule has 1 aromatic carbocycles. The molecule has 2 rings (SSSR count). The van der Waals surface area contributed by atoms with E-state index in [1.165, 1.54) is 11.8 Å². The molecular formula is C15H21N3O2S. The van der Waals surface area contributed by atoms with Crippen LogP contribution in [0.4, 0.5) is 5.69 Å². The van der Waals surface area contributed by atoms with Crippen molar-refractivity contribution in [3.05, 3.63) is 18.2 Å². The summed E-state index contributed by atoms with van der Waals surface area (Å²) in [6, 6.07) is 5.31. The maximum Gasteiger partial charge on any atom is 0.257 e. The van der Waals surface area contributed by atoms with Gasteiger partial charge in [0.05, 0.1) is 5.25 Å². The Morgan fingerprint density at radius 1 is 1.43 bits per heavy atom. The van der Waals surface area contributed by atoms with Crippen LogP contribution >= 0.6 is 11.8 Å². The van der Waals surface area contributed by atoms with Gasteiger partial charge in [0, 0.05) is 12.2 Å². The van der Waals surface area contributed by atoms with E-state index in [9.17, 15) is 4.79 Å². The first-order valence-corrected chi connectivity index (χ1v) is 7.94. The van der Waals surface area contributed by atoms with Crippen LogP contribution in [0.3, 0.4) is 0 Å². The van der Waals surface area contributed by atoms with Crippen molar-refractivity contribution in [2.24, 2.45) is 5.92 Å². The lowest BCUT2D eigenvalue weighted by atomic mass is 10.1. The molecule has 1 atom stereocenters. The highest BCUT2D eigenvalue weighted by atomic mass is 32.2. The van der Waals surface area contributed by atoms with Crippen molar-refractivity contribution in [1.29, 1.82) is 0 Å². The number of nitrogens with zero attached hydrogens (tertiary/aromatic N) is 1. The molecule has 21 heavy (non-hydrogen) atoms. The zero-order valence-corrected chi connectivity index (χ0v) is 13.4. The molecule has 1 aromatic heterocycles. The largest absolute Gasteiger partial charge is 0.431 e. The van der Waals surface area contributed by atoms with Crippen LogP contribution in [0, 0.1) is 5.92 Å². The van der Waals surface area contributed by atoms with Gasteiger partial charge in [0.2, 0.25) is 5.91 Å². The number of fused-ring (bicyclic) bond motifs is 1. The monoisotopic (exact) mass is 307 g/mol. The van der Waals surface area contributed by atoms with E-state index < -0.39 is 0 Å². The molecule has 0 aliphatic carbocycles. The molecular weight excluding hydrogens is 286 g/mol. The van der Waals surface area contributed by atoms with Crippen molar-refractivity contribution in [3.63, 3.8) is 0 Å². The van der Waals surface area contributed by atoms with Crippen molar-refractivity contribution in [3.8, 4) is 0 Å². The Balaban J connectivity index is 1.94. The van der Waals surface area contributed by atoms with E-state index in [0.29, 0.717) is 34.5 Å². The highest BCUT2D eigenvalue weighted by Gasteiger charge is 2.17. The van der Waals surface area contributed by atoms with Crippen LogP contribution in [0.1, 0.15) is 27.2 Å². The standard InChI is InChI=1S/C15H21N3O2S/c1-9(2)6-7-17-14(19)10(3)21-15-18-12-8-11(16)4-5-13(12)20-15/h4-5,8-10H,6-7,16H2,1-3H3,(H,17,19). The Bertz CT molecular complexity index is 624. The molecule has 5 nitrogen and oxygen atoms in total. The lowest BCUT2D eigenvalue weighted by Crippen LogP contribution is -2.32. The third-order valence-electron chi connectivity index (χ3n) is 3.06. The van der Waals surface area contributed by atoms with Crippen molar-refractivity contribution in [2.45, 2.75) is 37.7 Å². The molecule has 1 heterocycles. The molecule has 0 fully saturated rings. The lowest BCUT2D eigenvalue weighted by molar-refractivity contribution is -0.120. The SMILES string of the molecule is CC(C)CCNC(=O)C(C)Sc1nc2cc(N)ccc2o1. The van der Waals surface area contributed by atoms with Gasteiger partial charge >= 0.3 is 0 Å². The number of nitrogen functional groups attached to an aromatic ring is 1. The number of nitrogens with one attached hydrogen (secondary N) is 1. The van der Waals surface area contributed by atoms with Gasteiger partial charge < -0.3 is 15.5 Å². The molecule has 114 valence electrons. The van der Waals surface area contributed by atoms with E-state index >= 15 is 0 Å². The fourth-order valence-corrected chi connectivity index (χ4v) is 2.59. The Morgan fingerprint density at radius 2 is 2.19 bits per heavy atom. The van der Waals surface area contributed by atoms with E-state index in [4.69, 9.17) is 10.2 Å². The number of nitrogens with two attached hydrogens (primary N) is 1. The van der Waals surface area contributed by atoms with Gasteiger partial charge in [-0.3, -0.25) is 4.79 Å². The molecule has 2 aromatic rings. The van der Waals surface area contributed by atoms with Crippen molar-refractivity contribution < 1.29 is 9.21 Å². The van der Waals surface area contributed by atoms with Gasteiger partial charge in [-0.1, -0.05) is 25.6 Å². The third-order valence-corrected chi connectivity index (χ3v) is 4.00. The van der Waals surface area contributed by atoms with Crippen LogP contribution in [0.15, 0.2) is 27.8 Å². The summed E-state index contributed by atoms with van der Waals surface area (Å²) in [5.41, 5.74) is 7.75. The second-order valence-electron chi connectivity index (χ2n) is 5.44. The van der Waals surface area contributed by atoms with Crippen molar-refractivity contribution in [1.82, 2.24) is 10.3 Å². The molecule has 0 radical (unpaired) electrons. The fourth-order valence-electron chi connectivity index (χ4n) is 1.81. The van der Waals surface area contributed by atoms with Crippen LogP contribution < -0.4 is 11.1 Å². The number of hydrogen-bond acceptors (Lipinski definition) is 5. The summed E-state index contributed by atoms with van der Waals surface area (Å²) < 4.78 is 5.60. The smallest absolute Gasteiger partial charge is 0.257 e. The number of carbonyl (C=O) groups is 1. The average molecular weight is 307 g/mol. The summed E-state index contributed by atoms with van der Waals surface area (Å²) in [6.45, 7) is 6.81. The molecule has 0 saturated heterocycles. The summed E-state index contributed by atoms with van der Waals surface area (Å²) in [6.07, 6.45) is 0.977. The first-order valence-electron chi connectivity index (χ1n) is 7.06. The summed E-state index contributed by atoms with van der Waals surface area (Å²) >= 11 is 1.31. The second kappa shape index (κ2) is 6.85. The van der Waals surface area contributed by atoms with Gasteiger partial charge in [-0.25, -0.2) is 4.98 Å². The van der Waals surface area contributed by atoms with E-state index in [2.05, 4.69) is 24.1 Å². The highest BCUT2D eigenvalue weighted by Crippen LogP contribution is 2.27. The molecule has 0 spiro atoms. The Morgan fingerprint density at radius 3 is 2.90 bits per heavy atom. The number of benzene rings is 1. The second-order valence-corrected chi connectivity index (χ2v) is 6.73. The zero-order chi connectivity index (χ0) is 15.4. The van der Waals surface area contributed by atoms with Gasteiger partial charge in [0.15, 0.2) is 5.58 Å². The van der Waals surface area contributed by atoms with Crippen LogP contribution in [0.2, 0.25) is 0 Å². The lowest BCUT2D eigenvalue weighted by Gasteiger charge is -2.10. The van der Waals surface area contributed by atoms with Gasteiger partial charge in [-0.15, -0.1) is 0 Å². The number of carbonyl (C=O) groups excluding carboxylic acids is 1. The van der Waals surface area contributed by atoms with E-state index in [1.54, 1.807) is 18.2 Å². The Kier molecular flexibility index (Phi) is 5.12. The maximum atomic E-state index is 12.0. The molecule has 3 N–H and O–H groups in total. The first-order chi connectivity index (χ1) is 9.95. The van der Waals surface area contributed by atoms with Crippen LogP contribution in [-0.2, 0) is 4.79 Å². The molecule has 0 bridgehead atoms. The first kappa shape index (κ1) is 15.7. The van der Waals surface area contributed by atoms with Gasteiger partial charge in [-0.05, 0) is 37.5 Å². The van der Waals surface area contributed by atoms with Gasteiger partial charge in [-0.2, -0.15) is 0 Å². The van der Waals surface area contributed by atoms with Crippen molar-refractivity contribution >= 4 is 34.5 Å². The fraction of sp³-hybridized carbons (Fsp3) is 0.467.